The summed E-state index contributed by atoms with van der Waals surface area (Å²) in [4.78, 5) is 20.4. The fourth-order valence-corrected chi connectivity index (χ4v) is 3.40. The van der Waals surface area contributed by atoms with E-state index in [9.17, 15) is 4.79 Å². The maximum Gasteiger partial charge on any atom is 0.264 e. The summed E-state index contributed by atoms with van der Waals surface area (Å²) in [5.74, 6) is 1.74. The number of benzene rings is 2. The Hall–Kier alpha value is -3.42. The topological polar surface area (TPSA) is 95.6 Å². The average molecular weight is 453 g/mol. The molecule has 0 spiro atoms. The first-order chi connectivity index (χ1) is 15.1. The highest BCUT2D eigenvalue weighted by Gasteiger charge is 2.12. The Bertz CT molecular complexity index is 1230. The van der Waals surface area contributed by atoms with E-state index in [-0.39, 0.29) is 5.56 Å². The first-order valence-corrected chi connectivity index (χ1v) is 10.3. The van der Waals surface area contributed by atoms with E-state index >= 15 is 0 Å². The van der Waals surface area contributed by atoms with Crippen LogP contribution in [0.15, 0.2) is 71.5 Å². The molecule has 0 unspecified atom stereocenters. The molecule has 0 radical (unpaired) electrons. The number of anilines is 2. The largest absolute Gasteiger partial charge is 0.368 e. The maximum atomic E-state index is 11.1. The van der Waals surface area contributed by atoms with Crippen molar-refractivity contribution in [3.63, 3.8) is 0 Å². The highest BCUT2D eigenvalue weighted by molar-refractivity contribution is 6.36. The maximum absolute atomic E-state index is 11.1. The van der Waals surface area contributed by atoms with E-state index in [1.165, 1.54) is 6.07 Å². The molecule has 9 heteroatoms. The summed E-state index contributed by atoms with van der Waals surface area (Å²) in [7, 11) is 0. The van der Waals surface area contributed by atoms with Gasteiger partial charge in [0.2, 0.25) is 0 Å². The van der Waals surface area contributed by atoms with Gasteiger partial charge in [-0.05, 0) is 24.3 Å². The van der Waals surface area contributed by atoms with Gasteiger partial charge in [-0.3, -0.25) is 4.79 Å². The summed E-state index contributed by atoms with van der Waals surface area (Å²) in [6.07, 6.45) is 0. The smallest absolute Gasteiger partial charge is 0.264 e. The summed E-state index contributed by atoms with van der Waals surface area (Å²) < 4.78 is 0. The Morgan fingerprint density at radius 1 is 0.839 bits per heavy atom. The predicted octanol–water partition coefficient (Wildman–Crippen LogP) is 4.72. The minimum atomic E-state index is -0.244. The molecule has 156 valence electrons. The van der Waals surface area contributed by atoms with Crippen molar-refractivity contribution in [2.24, 2.45) is 0 Å². The molecule has 0 fully saturated rings. The van der Waals surface area contributed by atoms with Gasteiger partial charge in [-0.15, -0.1) is 0 Å². The van der Waals surface area contributed by atoms with Crippen LogP contribution in [-0.4, -0.2) is 33.3 Å². The quantitative estimate of drug-likeness (QED) is 0.351. The van der Waals surface area contributed by atoms with Gasteiger partial charge in [-0.1, -0.05) is 53.5 Å². The van der Waals surface area contributed by atoms with Crippen LogP contribution >= 0.6 is 23.2 Å². The Morgan fingerprint density at radius 3 is 2.32 bits per heavy atom. The van der Waals surface area contributed by atoms with Crippen LogP contribution in [-0.2, 0) is 0 Å². The Kier molecular flexibility index (Phi) is 6.45. The van der Waals surface area contributed by atoms with Gasteiger partial charge in [-0.25, -0.2) is 15.1 Å². The van der Waals surface area contributed by atoms with Gasteiger partial charge in [0.1, 0.15) is 11.6 Å². The summed E-state index contributed by atoms with van der Waals surface area (Å²) in [5, 5.41) is 13.8. The molecule has 2 heterocycles. The molecule has 7 nitrogen and oxygen atoms in total. The van der Waals surface area contributed by atoms with E-state index in [4.69, 9.17) is 28.2 Å². The summed E-state index contributed by atoms with van der Waals surface area (Å²) in [6, 6.07) is 20.0. The molecule has 0 saturated carbocycles. The molecule has 0 amide bonds. The van der Waals surface area contributed by atoms with Crippen LogP contribution in [0.4, 0.5) is 11.6 Å². The molecule has 0 aliphatic rings. The molecular formula is C22H18Cl2N6O. The van der Waals surface area contributed by atoms with Crippen molar-refractivity contribution < 1.29 is 0 Å². The molecule has 3 N–H and O–H groups in total. The lowest BCUT2D eigenvalue weighted by Gasteiger charge is -2.12. The molecule has 0 aliphatic heterocycles. The van der Waals surface area contributed by atoms with Gasteiger partial charge >= 0.3 is 0 Å². The molecule has 2 aromatic heterocycles. The fraction of sp³-hybridized carbons (Fsp3) is 0.0909. The Labute approximate surface area is 188 Å². The van der Waals surface area contributed by atoms with E-state index in [1.807, 2.05) is 42.5 Å². The highest BCUT2D eigenvalue weighted by Crippen LogP contribution is 2.30. The van der Waals surface area contributed by atoms with Crippen LogP contribution < -0.4 is 16.2 Å². The van der Waals surface area contributed by atoms with Gasteiger partial charge in [-0.2, -0.15) is 5.10 Å². The second-order valence-corrected chi connectivity index (χ2v) is 7.46. The minimum Gasteiger partial charge on any atom is -0.368 e. The number of hydrogen-bond donors (Lipinski definition) is 3. The average Bonchev–Trinajstić information content (AvgIpc) is 2.78. The van der Waals surface area contributed by atoms with Crippen molar-refractivity contribution in [2.45, 2.75) is 0 Å². The van der Waals surface area contributed by atoms with Gasteiger partial charge in [0, 0.05) is 41.4 Å². The van der Waals surface area contributed by atoms with E-state index in [2.05, 4.69) is 25.8 Å². The molecule has 2 aromatic carbocycles. The summed E-state index contributed by atoms with van der Waals surface area (Å²) in [6.45, 7) is 1.14. The molecule has 0 saturated heterocycles. The van der Waals surface area contributed by atoms with Crippen LogP contribution in [0.2, 0.25) is 10.0 Å². The molecule has 4 aromatic rings. The number of halogens is 2. The van der Waals surface area contributed by atoms with Gasteiger partial charge in [0.25, 0.3) is 5.56 Å². The number of nitrogens with zero attached hydrogens (tertiary/aromatic N) is 3. The predicted molar refractivity (Wildman–Crippen MR) is 125 cm³/mol. The molecule has 0 atom stereocenters. The zero-order valence-corrected chi connectivity index (χ0v) is 17.8. The van der Waals surface area contributed by atoms with E-state index in [0.717, 1.165) is 11.3 Å². The normalized spacial score (nSPS) is 10.6. The minimum absolute atomic E-state index is 0.244. The van der Waals surface area contributed by atoms with Crippen molar-refractivity contribution in [3.05, 3.63) is 87.1 Å². The highest BCUT2D eigenvalue weighted by atomic mass is 35.5. The molecule has 4 rings (SSSR count). The molecule has 31 heavy (non-hydrogen) atoms. The van der Waals surface area contributed by atoms with Crippen molar-refractivity contribution in [3.8, 4) is 22.6 Å². The second-order valence-electron chi connectivity index (χ2n) is 6.61. The van der Waals surface area contributed by atoms with Crippen LogP contribution in [0.3, 0.4) is 0 Å². The van der Waals surface area contributed by atoms with Gasteiger partial charge in [0.05, 0.1) is 10.7 Å². The lowest BCUT2D eigenvalue weighted by atomic mass is 10.1. The summed E-state index contributed by atoms with van der Waals surface area (Å²) in [5.41, 5.74) is 2.19. The SMILES string of the molecule is O=c1ccc(NCCNc2cc(-c3ccccc3)nc(-c3ccc(Cl)cc3Cl)n2)n[nH]1. The van der Waals surface area contributed by atoms with Crippen LogP contribution in [0.5, 0.6) is 0 Å². The van der Waals surface area contributed by atoms with Crippen molar-refractivity contribution in [1.29, 1.82) is 0 Å². The third-order valence-electron chi connectivity index (χ3n) is 4.38. The third kappa shape index (κ3) is 5.39. The molecular weight excluding hydrogens is 435 g/mol. The van der Waals surface area contributed by atoms with Crippen LogP contribution in [0.1, 0.15) is 0 Å². The van der Waals surface area contributed by atoms with Crippen molar-refractivity contribution in [1.82, 2.24) is 20.2 Å². The fourth-order valence-electron chi connectivity index (χ4n) is 2.91. The van der Waals surface area contributed by atoms with Crippen molar-refractivity contribution >= 4 is 34.8 Å². The van der Waals surface area contributed by atoms with E-state index in [1.54, 1.807) is 18.2 Å². The number of aromatic amines is 1. The molecule has 0 aliphatic carbocycles. The number of hydrogen-bond acceptors (Lipinski definition) is 6. The van der Waals surface area contributed by atoms with Crippen LogP contribution in [0, 0.1) is 0 Å². The van der Waals surface area contributed by atoms with Gasteiger partial charge < -0.3 is 10.6 Å². The second kappa shape index (κ2) is 9.59. The van der Waals surface area contributed by atoms with E-state index < -0.39 is 0 Å². The van der Waals surface area contributed by atoms with Crippen LogP contribution in [0.25, 0.3) is 22.6 Å². The Balaban J connectivity index is 1.57. The first kappa shape index (κ1) is 20.8. The Morgan fingerprint density at radius 2 is 1.61 bits per heavy atom. The number of H-pyrrole nitrogens is 1. The monoisotopic (exact) mass is 452 g/mol. The molecule has 0 bridgehead atoms. The third-order valence-corrected chi connectivity index (χ3v) is 4.93. The van der Waals surface area contributed by atoms with Crippen molar-refractivity contribution in [2.75, 3.05) is 23.7 Å². The summed E-state index contributed by atoms with van der Waals surface area (Å²) >= 11 is 12.4. The first-order valence-electron chi connectivity index (χ1n) is 9.52. The zero-order chi connectivity index (χ0) is 21.6. The van der Waals surface area contributed by atoms with Gasteiger partial charge in [0.15, 0.2) is 5.82 Å². The number of aromatic nitrogens is 4. The standard InChI is InChI=1S/C22H18Cl2N6O/c23-15-6-7-16(17(24)12-15)22-27-18(14-4-2-1-3-5-14)13-20(28-22)26-11-10-25-19-8-9-21(31)30-29-19/h1-9,12-13H,10-11H2,(H,25,29)(H,30,31)(H,26,27,28). The zero-order valence-electron chi connectivity index (χ0n) is 16.3. The lowest BCUT2D eigenvalue weighted by molar-refractivity contribution is 0.962. The lowest BCUT2D eigenvalue weighted by Crippen LogP contribution is -2.17. The number of rotatable bonds is 7. The van der Waals surface area contributed by atoms with E-state index in [0.29, 0.717) is 46.2 Å². The number of nitrogens with one attached hydrogen (secondary N) is 3.